The van der Waals surface area contributed by atoms with E-state index in [-0.39, 0.29) is 12.3 Å². The van der Waals surface area contributed by atoms with E-state index in [1.165, 1.54) is 6.39 Å². The molecule has 0 aliphatic rings. The van der Waals surface area contributed by atoms with Gasteiger partial charge in [0.1, 0.15) is 5.76 Å². The van der Waals surface area contributed by atoms with Gasteiger partial charge in [0.2, 0.25) is 0 Å². The van der Waals surface area contributed by atoms with E-state index < -0.39 is 5.97 Å². The number of unbranched alkanes of at least 4 members (excludes halogenated alkanes) is 3. The van der Waals surface area contributed by atoms with Crippen LogP contribution in [-0.2, 0) is 11.2 Å². The van der Waals surface area contributed by atoms with Crippen LogP contribution in [-0.4, -0.2) is 28.5 Å². The predicted molar refractivity (Wildman–Crippen MR) is 68.9 cm³/mol. The number of amides is 1. The molecular weight excluding hydrogens is 248 g/mol. The molecule has 0 aliphatic carbocycles. The number of rotatable bonds is 9. The molecule has 1 rings (SSSR count). The number of aryl methyl sites for hydroxylation is 1. The molecule has 0 aromatic carbocycles. The normalized spacial score (nSPS) is 10.4. The van der Waals surface area contributed by atoms with E-state index in [1.807, 2.05) is 6.92 Å². The van der Waals surface area contributed by atoms with E-state index in [9.17, 15) is 9.59 Å². The number of carboxylic acid groups (broad SMARTS) is 1. The standard InChI is InChI=1S/C13H20N2O4/c1-2-10-12(15-9-19-10)13(18)14-8-6-4-3-5-7-11(16)17/h9H,2-8H2,1H3,(H,14,18)(H,16,17). The van der Waals surface area contributed by atoms with Crippen LogP contribution in [0.15, 0.2) is 10.8 Å². The van der Waals surface area contributed by atoms with Crippen molar-refractivity contribution >= 4 is 11.9 Å². The van der Waals surface area contributed by atoms with Crippen LogP contribution in [0.4, 0.5) is 0 Å². The van der Waals surface area contributed by atoms with E-state index in [2.05, 4.69) is 10.3 Å². The Morgan fingerprint density at radius 2 is 2.05 bits per heavy atom. The third-order valence-electron chi connectivity index (χ3n) is 2.78. The second-order valence-corrected chi connectivity index (χ2v) is 4.29. The second-order valence-electron chi connectivity index (χ2n) is 4.29. The highest BCUT2D eigenvalue weighted by Crippen LogP contribution is 2.07. The number of carbonyl (C=O) groups is 2. The maximum atomic E-state index is 11.8. The Labute approximate surface area is 112 Å². The fourth-order valence-electron chi connectivity index (χ4n) is 1.75. The molecule has 0 aliphatic heterocycles. The lowest BCUT2D eigenvalue weighted by molar-refractivity contribution is -0.137. The Morgan fingerprint density at radius 1 is 1.32 bits per heavy atom. The van der Waals surface area contributed by atoms with Crippen LogP contribution >= 0.6 is 0 Å². The maximum absolute atomic E-state index is 11.8. The minimum absolute atomic E-state index is 0.212. The lowest BCUT2D eigenvalue weighted by Crippen LogP contribution is -2.25. The second kappa shape index (κ2) is 8.29. The van der Waals surface area contributed by atoms with Gasteiger partial charge in [0.15, 0.2) is 12.1 Å². The number of carbonyl (C=O) groups excluding carboxylic acids is 1. The van der Waals surface area contributed by atoms with Gasteiger partial charge in [-0.3, -0.25) is 9.59 Å². The number of hydrogen-bond donors (Lipinski definition) is 2. The summed E-state index contributed by atoms with van der Waals surface area (Å²) in [6, 6.07) is 0. The number of nitrogens with one attached hydrogen (secondary N) is 1. The molecule has 0 atom stereocenters. The van der Waals surface area contributed by atoms with Crippen molar-refractivity contribution in [3.05, 3.63) is 17.8 Å². The van der Waals surface area contributed by atoms with Crippen molar-refractivity contribution < 1.29 is 19.1 Å². The van der Waals surface area contributed by atoms with E-state index >= 15 is 0 Å². The highest BCUT2D eigenvalue weighted by Gasteiger charge is 2.14. The lowest BCUT2D eigenvalue weighted by Gasteiger charge is -2.03. The first-order chi connectivity index (χ1) is 9.15. The molecule has 0 saturated carbocycles. The molecule has 1 aromatic heterocycles. The van der Waals surface area contributed by atoms with Gasteiger partial charge in [0.05, 0.1) is 0 Å². The van der Waals surface area contributed by atoms with Crippen LogP contribution < -0.4 is 5.32 Å². The SMILES string of the molecule is CCc1ocnc1C(=O)NCCCCCCC(=O)O. The molecule has 0 unspecified atom stereocenters. The Morgan fingerprint density at radius 3 is 2.74 bits per heavy atom. The van der Waals surface area contributed by atoms with E-state index in [1.54, 1.807) is 0 Å². The summed E-state index contributed by atoms with van der Waals surface area (Å²) in [5.41, 5.74) is 0.355. The minimum Gasteiger partial charge on any atom is -0.481 e. The zero-order valence-corrected chi connectivity index (χ0v) is 11.1. The van der Waals surface area contributed by atoms with Crippen molar-refractivity contribution in [2.24, 2.45) is 0 Å². The topological polar surface area (TPSA) is 92.4 Å². The smallest absolute Gasteiger partial charge is 0.303 e. The molecule has 1 amide bonds. The summed E-state index contributed by atoms with van der Waals surface area (Å²) in [5.74, 6) is -0.374. The summed E-state index contributed by atoms with van der Waals surface area (Å²) in [6.45, 7) is 2.47. The average Bonchev–Trinajstić information content (AvgIpc) is 2.85. The van der Waals surface area contributed by atoms with Gasteiger partial charge in [-0.1, -0.05) is 19.8 Å². The van der Waals surface area contributed by atoms with Gasteiger partial charge in [0, 0.05) is 19.4 Å². The summed E-state index contributed by atoms with van der Waals surface area (Å²) in [6.07, 6.45) is 5.43. The van der Waals surface area contributed by atoms with Crippen LogP contribution in [0.2, 0.25) is 0 Å². The fourth-order valence-corrected chi connectivity index (χ4v) is 1.75. The number of carboxylic acids is 1. The van der Waals surface area contributed by atoms with Gasteiger partial charge in [-0.15, -0.1) is 0 Å². The molecule has 6 nitrogen and oxygen atoms in total. The molecule has 2 N–H and O–H groups in total. The summed E-state index contributed by atoms with van der Waals surface area (Å²) < 4.78 is 5.09. The van der Waals surface area contributed by atoms with Crippen LogP contribution in [0, 0.1) is 0 Å². The fraction of sp³-hybridized carbons (Fsp3) is 0.615. The van der Waals surface area contributed by atoms with Gasteiger partial charge in [-0.25, -0.2) is 4.98 Å². The van der Waals surface area contributed by atoms with Crippen molar-refractivity contribution in [1.82, 2.24) is 10.3 Å². The zero-order chi connectivity index (χ0) is 14.1. The van der Waals surface area contributed by atoms with Crippen molar-refractivity contribution in [2.45, 2.75) is 45.4 Å². The molecule has 0 bridgehead atoms. The van der Waals surface area contributed by atoms with Crippen LogP contribution in [0.25, 0.3) is 0 Å². The molecule has 0 saturated heterocycles. The Bertz CT molecular complexity index is 415. The first kappa shape index (κ1) is 15.2. The number of nitrogens with zero attached hydrogens (tertiary/aromatic N) is 1. The summed E-state index contributed by atoms with van der Waals surface area (Å²) in [4.78, 5) is 25.9. The molecule has 19 heavy (non-hydrogen) atoms. The first-order valence-corrected chi connectivity index (χ1v) is 6.57. The molecular formula is C13H20N2O4. The number of hydrogen-bond acceptors (Lipinski definition) is 4. The summed E-state index contributed by atoms with van der Waals surface area (Å²) in [5, 5.41) is 11.3. The van der Waals surface area contributed by atoms with E-state index in [0.717, 1.165) is 19.3 Å². The van der Waals surface area contributed by atoms with Gasteiger partial charge in [-0.2, -0.15) is 0 Å². The Balaban J connectivity index is 2.13. The molecule has 6 heteroatoms. The monoisotopic (exact) mass is 268 g/mol. The number of oxazole rings is 1. The molecule has 1 aromatic rings. The molecule has 106 valence electrons. The lowest BCUT2D eigenvalue weighted by atomic mass is 10.1. The van der Waals surface area contributed by atoms with Gasteiger partial charge < -0.3 is 14.8 Å². The van der Waals surface area contributed by atoms with E-state index in [0.29, 0.717) is 30.8 Å². The predicted octanol–water partition coefficient (Wildman–Crippen LogP) is 2.00. The third-order valence-corrected chi connectivity index (χ3v) is 2.78. The van der Waals surface area contributed by atoms with Crippen LogP contribution in [0.1, 0.15) is 55.3 Å². The van der Waals surface area contributed by atoms with Gasteiger partial charge in [-0.05, 0) is 12.8 Å². The quantitative estimate of drug-likeness (QED) is 0.668. The number of aromatic nitrogens is 1. The van der Waals surface area contributed by atoms with Gasteiger partial charge in [0.25, 0.3) is 5.91 Å². The number of aliphatic carboxylic acids is 1. The Hall–Kier alpha value is -1.85. The van der Waals surface area contributed by atoms with E-state index in [4.69, 9.17) is 9.52 Å². The molecule has 0 fully saturated rings. The first-order valence-electron chi connectivity index (χ1n) is 6.57. The highest BCUT2D eigenvalue weighted by molar-refractivity contribution is 5.93. The minimum atomic E-state index is -0.758. The average molecular weight is 268 g/mol. The van der Waals surface area contributed by atoms with Gasteiger partial charge >= 0.3 is 5.97 Å². The zero-order valence-electron chi connectivity index (χ0n) is 11.1. The maximum Gasteiger partial charge on any atom is 0.303 e. The molecule has 0 spiro atoms. The Kier molecular flexibility index (Phi) is 6.63. The van der Waals surface area contributed by atoms with Crippen LogP contribution in [0.5, 0.6) is 0 Å². The highest BCUT2D eigenvalue weighted by atomic mass is 16.4. The van der Waals surface area contributed by atoms with Crippen LogP contribution in [0.3, 0.4) is 0 Å². The largest absolute Gasteiger partial charge is 0.481 e. The van der Waals surface area contributed by atoms with Crippen molar-refractivity contribution in [2.75, 3.05) is 6.54 Å². The van der Waals surface area contributed by atoms with Crippen molar-refractivity contribution in [1.29, 1.82) is 0 Å². The summed E-state index contributed by atoms with van der Waals surface area (Å²) >= 11 is 0. The molecule has 1 heterocycles. The van der Waals surface area contributed by atoms with Crippen molar-refractivity contribution in [3.63, 3.8) is 0 Å². The summed E-state index contributed by atoms with van der Waals surface area (Å²) in [7, 11) is 0. The molecule has 0 radical (unpaired) electrons. The van der Waals surface area contributed by atoms with Crippen molar-refractivity contribution in [3.8, 4) is 0 Å². The third kappa shape index (κ3) is 5.54.